The molecule has 1 saturated heterocycles. The molecule has 6 rings (SSSR count). The predicted molar refractivity (Wildman–Crippen MR) is 172 cm³/mol. The number of esters is 1. The van der Waals surface area contributed by atoms with Crippen molar-refractivity contribution in [2.75, 3.05) is 11.5 Å². The molecule has 4 unspecified atom stereocenters. The number of pyridine rings is 1. The third kappa shape index (κ3) is 5.78. The van der Waals surface area contributed by atoms with Crippen LogP contribution in [0.3, 0.4) is 0 Å². The lowest BCUT2D eigenvalue weighted by molar-refractivity contribution is -0.122. The summed E-state index contributed by atoms with van der Waals surface area (Å²) >= 11 is 13.2. The zero-order valence-electron chi connectivity index (χ0n) is 22.9. The van der Waals surface area contributed by atoms with Crippen LogP contribution in [0.25, 0.3) is 22.2 Å². The summed E-state index contributed by atoms with van der Waals surface area (Å²) < 4.78 is 5.45. The highest BCUT2D eigenvalue weighted by Gasteiger charge is 2.52. The standard InChI is InChI=1S/C33H25Br2ClN2O5/c1-17-2-11-28-22(12-17)25(33(42)43-16-30(39)19-3-7-20(36)8-4-19)15-29(37-28)18-5-9-21(10-6-18)38-31(40)23-13-26(34)27(35)14-24(23)32(38)41/h2-12,15,23-24,26-27H,13-14,16H2,1H3. The Hall–Kier alpha value is -3.40. The number of ketones is 1. The first-order chi connectivity index (χ1) is 20.6. The van der Waals surface area contributed by atoms with E-state index in [1.807, 2.05) is 25.1 Å². The zero-order valence-corrected chi connectivity index (χ0v) is 26.9. The lowest BCUT2D eigenvalue weighted by Crippen LogP contribution is -2.34. The monoisotopic (exact) mass is 722 g/mol. The van der Waals surface area contributed by atoms with Gasteiger partial charge < -0.3 is 4.74 Å². The number of hydrogen-bond donors (Lipinski definition) is 0. The number of hydrogen-bond acceptors (Lipinski definition) is 6. The van der Waals surface area contributed by atoms with Crippen molar-refractivity contribution in [3.8, 4) is 11.3 Å². The maximum Gasteiger partial charge on any atom is 0.339 e. The number of carbonyl (C=O) groups excluding carboxylic acids is 4. The van der Waals surface area contributed by atoms with Crippen LogP contribution in [0.2, 0.25) is 5.02 Å². The minimum absolute atomic E-state index is 0.132. The van der Waals surface area contributed by atoms with Crippen LogP contribution in [0.4, 0.5) is 5.69 Å². The van der Waals surface area contributed by atoms with E-state index >= 15 is 0 Å². The molecule has 0 spiro atoms. The van der Waals surface area contributed by atoms with Gasteiger partial charge in [0.2, 0.25) is 11.8 Å². The molecule has 0 bridgehead atoms. The smallest absolute Gasteiger partial charge is 0.339 e. The van der Waals surface area contributed by atoms with Crippen molar-refractivity contribution < 1.29 is 23.9 Å². The van der Waals surface area contributed by atoms with Crippen LogP contribution in [0.15, 0.2) is 72.8 Å². The van der Waals surface area contributed by atoms with Crippen molar-refractivity contribution in [3.05, 3.63) is 94.5 Å². The Balaban J connectivity index is 1.27. The number of benzene rings is 3. The maximum absolute atomic E-state index is 13.3. The number of amides is 2. The van der Waals surface area contributed by atoms with Gasteiger partial charge in [-0.1, -0.05) is 67.2 Å². The molecule has 0 radical (unpaired) electrons. The molecule has 2 aliphatic rings. The van der Waals surface area contributed by atoms with Crippen molar-refractivity contribution in [2.45, 2.75) is 29.4 Å². The topological polar surface area (TPSA) is 93.6 Å². The number of carbonyl (C=O) groups is 4. The van der Waals surface area contributed by atoms with Gasteiger partial charge in [0.25, 0.3) is 0 Å². The van der Waals surface area contributed by atoms with Crippen molar-refractivity contribution in [2.24, 2.45) is 11.8 Å². The van der Waals surface area contributed by atoms with Crippen molar-refractivity contribution in [1.29, 1.82) is 0 Å². The number of nitrogens with zero attached hydrogens (tertiary/aromatic N) is 2. The van der Waals surface area contributed by atoms with Gasteiger partial charge in [0.15, 0.2) is 12.4 Å². The van der Waals surface area contributed by atoms with Gasteiger partial charge in [-0.2, -0.15) is 0 Å². The van der Waals surface area contributed by atoms with E-state index in [-0.39, 0.29) is 44.7 Å². The van der Waals surface area contributed by atoms with Gasteiger partial charge >= 0.3 is 5.97 Å². The van der Waals surface area contributed by atoms with Crippen molar-refractivity contribution >= 4 is 83.6 Å². The number of anilines is 1. The second kappa shape index (κ2) is 11.9. The summed E-state index contributed by atoms with van der Waals surface area (Å²) in [6.45, 7) is 1.49. The summed E-state index contributed by atoms with van der Waals surface area (Å²) in [4.78, 5) is 58.7. The van der Waals surface area contributed by atoms with E-state index in [2.05, 4.69) is 31.9 Å². The molecule has 4 atom stereocenters. The molecule has 2 heterocycles. The van der Waals surface area contributed by atoms with Gasteiger partial charge in [0.05, 0.1) is 34.3 Å². The Kier molecular flexibility index (Phi) is 8.24. The zero-order chi connectivity index (χ0) is 30.4. The average Bonchev–Trinajstić information content (AvgIpc) is 3.24. The van der Waals surface area contributed by atoms with E-state index < -0.39 is 12.6 Å². The fourth-order valence-electron chi connectivity index (χ4n) is 5.72. The number of imide groups is 1. The summed E-state index contributed by atoms with van der Waals surface area (Å²) in [5.74, 6) is -2.02. The molecule has 0 N–H and O–H groups in total. The number of halogens is 3. The molecular formula is C33H25Br2ClN2O5. The minimum Gasteiger partial charge on any atom is -0.454 e. The number of Topliss-reactive ketones (excluding diaryl/α,β-unsaturated/α-hetero) is 1. The lowest BCUT2D eigenvalue weighted by atomic mass is 9.81. The Morgan fingerprint density at radius 2 is 1.53 bits per heavy atom. The quantitative estimate of drug-likeness (QED) is 0.0896. The van der Waals surface area contributed by atoms with E-state index in [1.165, 1.54) is 4.90 Å². The SMILES string of the molecule is Cc1ccc2nc(-c3ccc(N4C(=O)C5CC(Br)C(Br)CC5C4=O)cc3)cc(C(=O)OCC(=O)c3ccc(Cl)cc3)c2c1. The molecule has 2 amide bonds. The number of fused-ring (bicyclic) bond motifs is 2. The maximum atomic E-state index is 13.3. The molecular weight excluding hydrogens is 700 g/mol. The van der Waals surface area contributed by atoms with Gasteiger partial charge in [-0.15, -0.1) is 0 Å². The summed E-state index contributed by atoms with van der Waals surface area (Å²) in [5, 5.41) is 1.11. The Morgan fingerprint density at radius 1 is 0.907 bits per heavy atom. The van der Waals surface area contributed by atoms with E-state index in [0.29, 0.717) is 51.3 Å². The van der Waals surface area contributed by atoms with Crippen molar-refractivity contribution in [3.63, 3.8) is 0 Å². The Labute approximate surface area is 269 Å². The largest absolute Gasteiger partial charge is 0.454 e. The second-order valence-corrected chi connectivity index (χ2v) is 13.6. The van der Waals surface area contributed by atoms with Crippen LogP contribution >= 0.6 is 43.5 Å². The number of rotatable bonds is 6. The fraction of sp³-hybridized carbons (Fsp3) is 0.242. The summed E-state index contributed by atoms with van der Waals surface area (Å²) in [6.07, 6.45) is 1.20. The normalized spacial score (nSPS) is 21.6. The second-order valence-electron chi connectivity index (χ2n) is 10.9. The molecule has 10 heteroatoms. The predicted octanol–water partition coefficient (Wildman–Crippen LogP) is 7.33. The van der Waals surface area contributed by atoms with Gasteiger partial charge in [0.1, 0.15) is 0 Å². The number of ether oxygens (including phenoxy) is 1. The lowest BCUT2D eigenvalue weighted by Gasteiger charge is -2.29. The van der Waals surface area contributed by atoms with E-state index in [4.69, 9.17) is 21.3 Å². The summed E-state index contributed by atoms with van der Waals surface area (Å²) in [7, 11) is 0. The highest BCUT2D eigenvalue weighted by molar-refractivity contribution is 9.12. The highest BCUT2D eigenvalue weighted by atomic mass is 79.9. The van der Waals surface area contributed by atoms with E-state index in [0.717, 1.165) is 5.56 Å². The average molecular weight is 725 g/mol. The van der Waals surface area contributed by atoms with Crippen LogP contribution < -0.4 is 4.90 Å². The molecule has 218 valence electrons. The van der Waals surface area contributed by atoms with Crippen LogP contribution in [-0.4, -0.2) is 44.8 Å². The van der Waals surface area contributed by atoms with Crippen molar-refractivity contribution in [1.82, 2.24) is 4.98 Å². The summed E-state index contributed by atoms with van der Waals surface area (Å²) in [5.41, 5.74) is 3.90. The van der Waals surface area contributed by atoms with Crippen LogP contribution in [-0.2, 0) is 14.3 Å². The molecule has 7 nitrogen and oxygen atoms in total. The van der Waals surface area contributed by atoms with Crippen LogP contribution in [0, 0.1) is 18.8 Å². The van der Waals surface area contributed by atoms with Gasteiger partial charge in [-0.3, -0.25) is 19.3 Å². The van der Waals surface area contributed by atoms with Gasteiger partial charge in [-0.25, -0.2) is 9.78 Å². The Morgan fingerprint density at radius 3 is 2.16 bits per heavy atom. The van der Waals surface area contributed by atoms with E-state index in [9.17, 15) is 19.2 Å². The van der Waals surface area contributed by atoms with Gasteiger partial charge in [-0.05, 0) is 74.4 Å². The van der Waals surface area contributed by atoms with Crippen LogP contribution in [0.1, 0.15) is 39.1 Å². The Bertz CT molecular complexity index is 1750. The molecule has 4 aromatic rings. The molecule has 3 aromatic carbocycles. The van der Waals surface area contributed by atoms with Gasteiger partial charge in [0, 0.05) is 31.2 Å². The van der Waals surface area contributed by atoms with E-state index in [1.54, 1.807) is 54.6 Å². The summed E-state index contributed by atoms with van der Waals surface area (Å²) in [6, 6.07) is 20.6. The first kappa shape index (κ1) is 29.7. The number of alkyl halides is 2. The first-order valence-electron chi connectivity index (χ1n) is 13.7. The number of aromatic nitrogens is 1. The third-order valence-electron chi connectivity index (χ3n) is 8.02. The highest BCUT2D eigenvalue weighted by Crippen LogP contribution is 2.44. The molecule has 1 aliphatic carbocycles. The first-order valence-corrected chi connectivity index (χ1v) is 16.0. The molecule has 1 saturated carbocycles. The van der Waals surface area contributed by atoms with Crippen LogP contribution in [0.5, 0.6) is 0 Å². The number of aryl methyl sites for hydroxylation is 1. The minimum atomic E-state index is -0.649. The fourth-order valence-corrected chi connectivity index (χ4v) is 7.08. The molecule has 43 heavy (non-hydrogen) atoms. The third-order valence-corrected chi connectivity index (χ3v) is 11.0. The molecule has 1 aromatic heterocycles. The molecule has 2 fully saturated rings. The molecule has 1 aliphatic heterocycles.